The van der Waals surface area contributed by atoms with Gasteiger partial charge >= 0.3 is 5.97 Å². The zero-order valence-corrected chi connectivity index (χ0v) is 16.9. The van der Waals surface area contributed by atoms with E-state index < -0.39 is 0 Å². The van der Waals surface area contributed by atoms with Crippen molar-refractivity contribution in [1.29, 1.82) is 0 Å². The van der Waals surface area contributed by atoms with Gasteiger partial charge in [0.25, 0.3) is 0 Å². The van der Waals surface area contributed by atoms with Crippen LogP contribution in [0.3, 0.4) is 0 Å². The topological polar surface area (TPSA) is 58.6 Å². The highest BCUT2D eigenvalue weighted by Crippen LogP contribution is 2.31. The van der Waals surface area contributed by atoms with Gasteiger partial charge < -0.3 is 15.0 Å². The highest BCUT2D eigenvalue weighted by molar-refractivity contribution is 5.89. The van der Waals surface area contributed by atoms with E-state index in [1.165, 1.54) is 19.2 Å². The van der Waals surface area contributed by atoms with Crippen molar-refractivity contribution in [2.45, 2.75) is 44.8 Å². The summed E-state index contributed by atoms with van der Waals surface area (Å²) < 4.78 is 17.9. The second-order valence-corrected chi connectivity index (χ2v) is 7.37. The highest BCUT2D eigenvalue weighted by atomic mass is 19.1. The van der Waals surface area contributed by atoms with Crippen LogP contribution in [0.5, 0.6) is 0 Å². The average molecular weight is 398 g/mol. The first kappa shape index (κ1) is 21.0. The molecule has 1 fully saturated rings. The molecule has 2 aromatic carbocycles. The Morgan fingerprint density at radius 3 is 2.55 bits per heavy atom. The standard InChI is InChI=1S/C23H27FN2O3/c1-16(18-7-9-20(24)10-8-18)26-21(11-12-22(26)27)13-14-25-15-17-3-5-19(6-4-17)23(28)29-2/h3-10,16,21,25H,11-15H2,1-2H3. The molecule has 2 atom stereocenters. The average Bonchev–Trinajstić information content (AvgIpc) is 3.11. The SMILES string of the molecule is COC(=O)c1ccc(CNCCC2CCC(=O)N2C(C)c2ccc(F)cc2)cc1. The zero-order valence-electron chi connectivity index (χ0n) is 16.9. The number of rotatable bonds is 8. The Balaban J connectivity index is 1.51. The molecule has 5 nitrogen and oxygen atoms in total. The van der Waals surface area contributed by atoms with Gasteiger partial charge in [-0.1, -0.05) is 24.3 Å². The molecule has 1 aliphatic heterocycles. The highest BCUT2D eigenvalue weighted by Gasteiger charge is 2.34. The molecular weight excluding hydrogens is 371 g/mol. The van der Waals surface area contributed by atoms with Crippen molar-refractivity contribution in [3.63, 3.8) is 0 Å². The number of esters is 1. The summed E-state index contributed by atoms with van der Waals surface area (Å²) >= 11 is 0. The van der Waals surface area contributed by atoms with E-state index in [-0.39, 0.29) is 29.8 Å². The number of amides is 1. The fourth-order valence-corrected chi connectivity index (χ4v) is 3.86. The number of halogens is 1. The van der Waals surface area contributed by atoms with Crippen LogP contribution in [-0.2, 0) is 16.1 Å². The van der Waals surface area contributed by atoms with Gasteiger partial charge in [-0.25, -0.2) is 9.18 Å². The maximum atomic E-state index is 13.2. The molecule has 1 N–H and O–H groups in total. The van der Waals surface area contributed by atoms with E-state index in [4.69, 9.17) is 4.74 Å². The third-order valence-electron chi connectivity index (χ3n) is 5.50. The van der Waals surface area contributed by atoms with Crippen LogP contribution in [0.4, 0.5) is 4.39 Å². The maximum Gasteiger partial charge on any atom is 0.337 e. The molecule has 0 aliphatic carbocycles. The van der Waals surface area contributed by atoms with E-state index in [0.29, 0.717) is 18.5 Å². The van der Waals surface area contributed by atoms with E-state index in [0.717, 1.165) is 30.5 Å². The van der Waals surface area contributed by atoms with E-state index in [9.17, 15) is 14.0 Å². The molecule has 1 heterocycles. The molecule has 0 aromatic heterocycles. The van der Waals surface area contributed by atoms with Crippen LogP contribution >= 0.6 is 0 Å². The minimum absolute atomic E-state index is 0.0681. The molecule has 0 radical (unpaired) electrons. The third-order valence-corrected chi connectivity index (χ3v) is 5.50. The van der Waals surface area contributed by atoms with Crippen molar-refractivity contribution in [1.82, 2.24) is 10.2 Å². The van der Waals surface area contributed by atoms with Gasteiger partial charge in [0.05, 0.1) is 18.7 Å². The smallest absolute Gasteiger partial charge is 0.337 e. The summed E-state index contributed by atoms with van der Waals surface area (Å²) in [5.41, 5.74) is 2.56. The minimum Gasteiger partial charge on any atom is -0.465 e. The molecule has 154 valence electrons. The molecule has 0 saturated carbocycles. The summed E-state index contributed by atoms with van der Waals surface area (Å²) in [5.74, 6) is -0.454. The second kappa shape index (κ2) is 9.65. The lowest BCUT2D eigenvalue weighted by Gasteiger charge is -2.31. The Morgan fingerprint density at radius 2 is 1.90 bits per heavy atom. The van der Waals surface area contributed by atoms with Crippen molar-refractivity contribution in [3.05, 3.63) is 71.0 Å². The monoisotopic (exact) mass is 398 g/mol. The largest absolute Gasteiger partial charge is 0.465 e. The van der Waals surface area contributed by atoms with Crippen LogP contribution in [0.1, 0.15) is 53.7 Å². The number of methoxy groups -OCH3 is 1. The number of nitrogens with one attached hydrogen (secondary N) is 1. The molecule has 29 heavy (non-hydrogen) atoms. The number of hydrogen-bond acceptors (Lipinski definition) is 4. The summed E-state index contributed by atoms with van der Waals surface area (Å²) in [4.78, 5) is 25.8. The number of carbonyl (C=O) groups excluding carboxylic acids is 2. The molecule has 0 spiro atoms. The van der Waals surface area contributed by atoms with Gasteiger partial charge in [-0.15, -0.1) is 0 Å². The summed E-state index contributed by atoms with van der Waals surface area (Å²) in [7, 11) is 1.37. The van der Waals surface area contributed by atoms with Crippen LogP contribution in [0, 0.1) is 5.82 Å². The normalized spacial score (nSPS) is 17.4. The van der Waals surface area contributed by atoms with Crippen molar-refractivity contribution < 1.29 is 18.7 Å². The lowest BCUT2D eigenvalue weighted by atomic mass is 10.0. The zero-order chi connectivity index (χ0) is 20.8. The molecule has 2 unspecified atom stereocenters. The van der Waals surface area contributed by atoms with Crippen LogP contribution < -0.4 is 5.32 Å². The van der Waals surface area contributed by atoms with Crippen LogP contribution in [0.25, 0.3) is 0 Å². The predicted octanol–water partition coefficient (Wildman–Crippen LogP) is 3.84. The maximum absolute atomic E-state index is 13.2. The van der Waals surface area contributed by atoms with Gasteiger partial charge in [0.2, 0.25) is 5.91 Å². The van der Waals surface area contributed by atoms with E-state index in [1.54, 1.807) is 24.3 Å². The molecule has 1 aliphatic rings. The van der Waals surface area contributed by atoms with E-state index in [2.05, 4.69) is 5.32 Å². The Hall–Kier alpha value is -2.73. The lowest BCUT2D eigenvalue weighted by molar-refractivity contribution is -0.131. The fraction of sp³-hybridized carbons (Fsp3) is 0.391. The molecular formula is C23H27FN2O3. The molecule has 6 heteroatoms. The van der Waals surface area contributed by atoms with Gasteiger partial charge in [0.15, 0.2) is 0 Å². The van der Waals surface area contributed by atoms with Gasteiger partial charge in [0, 0.05) is 19.0 Å². The third kappa shape index (κ3) is 5.21. The predicted molar refractivity (Wildman–Crippen MR) is 109 cm³/mol. The molecule has 2 aromatic rings. The van der Waals surface area contributed by atoms with Crippen molar-refractivity contribution in [3.8, 4) is 0 Å². The number of hydrogen-bond donors (Lipinski definition) is 1. The molecule has 1 amide bonds. The minimum atomic E-state index is -0.342. The summed E-state index contributed by atoms with van der Waals surface area (Å²) in [5, 5.41) is 3.41. The first-order valence-electron chi connectivity index (χ1n) is 9.94. The molecule has 3 rings (SSSR count). The summed E-state index contributed by atoms with van der Waals surface area (Å²) in [6.45, 7) is 3.47. The number of benzene rings is 2. The second-order valence-electron chi connectivity index (χ2n) is 7.37. The Labute approximate surface area is 170 Å². The van der Waals surface area contributed by atoms with Gasteiger partial charge in [-0.05, 0) is 61.7 Å². The van der Waals surface area contributed by atoms with Gasteiger partial charge in [-0.3, -0.25) is 4.79 Å². The van der Waals surface area contributed by atoms with Gasteiger partial charge in [0.1, 0.15) is 5.82 Å². The summed E-state index contributed by atoms with van der Waals surface area (Å²) in [6.07, 6.45) is 2.27. The van der Waals surface area contributed by atoms with E-state index in [1.807, 2.05) is 24.0 Å². The van der Waals surface area contributed by atoms with E-state index >= 15 is 0 Å². The number of likely N-dealkylation sites (tertiary alicyclic amines) is 1. The van der Waals surface area contributed by atoms with Crippen molar-refractivity contribution in [2.75, 3.05) is 13.7 Å². The van der Waals surface area contributed by atoms with Crippen molar-refractivity contribution in [2.24, 2.45) is 0 Å². The molecule has 1 saturated heterocycles. The first-order valence-corrected chi connectivity index (χ1v) is 9.94. The number of ether oxygens (including phenoxy) is 1. The molecule has 0 bridgehead atoms. The van der Waals surface area contributed by atoms with Crippen LogP contribution in [-0.4, -0.2) is 36.5 Å². The first-order chi connectivity index (χ1) is 14.0. The van der Waals surface area contributed by atoms with Crippen LogP contribution in [0.15, 0.2) is 48.5 Å². The van der Waals surface area contributed by atoms with Gasteiger partial charge in [-0.2, -0.15) is 0 Å². The Kier molecular flexibility index (Phi) is 6.99. The quantitative estimate of drug-likeness (QED) is 0.542. The Bertz CT molecular complexity index is 836. The fourth-order valence-electron chi connectivity index (χ4n) is 3.86. The number of nitrogens with zero attached hydrogens (tertiary/aromatic N) is 1. The lowest BCUT2D eigenvalue weighted by Crippen LogP contribution is -2.37. The summed E-state index contributed by atoms with van der Waals surface area (Å²) in [6, 6.07) is 13.8. The van der Waals surface area contributed by atoms with Crippen molar-refractivity contribution >= 4 is 11.9 Å². The Morgan fingerprint density at radius 1 is 1.21 bits per heavy atom. The number of carbonyl (C=O) groups is 2. The van der Waals surface area contributed by atoms with Crippen LogP contribution in [0.2, 0.25) is 0 Å².